The lowest BCUT2D eigenvalue weighted by Gasteiger charge is -2.10. The highest BCUT2D eigenvalue weighted by Crippen LogP contribution is 2.28. The standard InChI is InChI=1S/C16H15NO4/c1-11-3-4-12(2)14(7-11)10-21-16-6-5-13(9-18)8-15(16)17(19)20/h3-9H,10H2,1-2H3. The maximum atomic E-state index is 11.0. The zero-order chi connectivity index (χ0) is 15.4. The van der Waals surface area contributed by atoms with Gasteiger partial charge in [-0.1, -0.05) is 23.8 Å². The molecule has 108 valence electrons. The molecule has 0 atom stereocenters. The first kappa shape index (κ1) is 14.7. The van der Waals surface area contributed by atoms with E-state index in [0.29, 0.717) is 6.29 Å². The number of nitro benzene ring substituents is 1. The molecule has 0 heterocycles. The lowest BCUT2D eigenvalue weighted by Crippen LogP contribution is -2.01. The van der Waals surface area contributed by atoms with Gasteiger partial charge in [0.25, 0.3) is 0 Å². The maximum Gasteiger partial charge on any atom is 0.311 e. The molecule has 0 aliphatic rings. The summed E-state index contributed by atoms with van der Waals surface area (Å²) < 4.78 is 5.56. The van der Waals surface area contributed by atoms with Crippen LogP contribution in [0.15, 0.2) is 36.4 Å². The summed E-state index contributed by atoms with van der Waals surface area (Å²) in [6.45, 7) is 4.18. The molecule has 0 aromatic heterocycles. The Morgan fingerprint density at radius 3 is 2.62 bits per heavy atom. The van der Waals surface area contributed by atoms with E-state index in [1.165, 1.54) is 18.2 Å². The third-order valence-corrected chi connectivity index (χ3v) is 3.20. The number of carbonyl (C=O) groups is 1. The number of nitrogens with zero attached hydrogens (tertiary/aromatic N) is 1. The Balaban J connectivity index is 2.25. The van der Waals surface area contributed by atoms with Gasteiger partial charge in [-0.3, -0.25) is 14.9 Å². The molecule has 5 nitrogen and oxygen atoms in total. The Morgan fingerprint density at radius 2 is 1.95 bits per heavy atom. The van der Waals surface area contributed by atoms with E-state index in [1.807, 2.05) is 32.0 Å². The summed E-state index contributed by atoms with van der Waals surface area (Å²) in [6, 6.07) is 10.1. The van der Waals surface area contributed by atoms with Gasteiger partial charge in [0.1, 0.15) is 12.9 Å². The van der Waals surface area contributed by atoms with E-state index in [0.717, 1.165) is 16.7 Å². The summed E-state index contributed by atoms with van der Waals surface area (Å²) in [7, 11) is 0. The van der Waals surface area contributed by atoms with Crippen LogP contribution in [0.3, 0.4) is 0 Å². The van der Waals surface area contributed by atoms with E-state index >= 15 is 0 Å². The number of nitro groups is 1. The third-order valence-electron chi connectivity index (χ3n) is 3.20. The summed E-state index contributed by atoms with van der Waals surface area (Å²) >= 11 is 0. The van der Waals surface area contributed by atoms with E-state index in [2.05, 4.69) is 0 Å². The number of hydrogen-bond acceptors (Lipinski definition) is 4. The number of rotatable bonds is 5. The molecular weight excluding hydrogens is 270 g/mol. The van der Waals surface area contributed by atoms with E-state index < -0.39 is 4.92 Å². The first-order chi connectivity index (χ1) is 10.0. The molecular formula is C16H15NO4. The van der Waals surface area contributed by atoms with Crippen LogP contribution in [0, 0.1) is 24.0 Å². The summed E-state index contributed by atoms with van der Waals surface area (Å²) in [5.74, 6) is 0.159. The minimum Gasteiger partial charge on any atom is -0.482 e. The molecule has 0 saturated carbocycles. The summed E-state index contributed by atoms with van der Waals surface area (Å²) in [4.78, 5) is 21.2. The van der Waals surface area contributed by atoms with E-state index in [-0.39, 0.29) is 23.6 Å². The van der Waals surface area contributed by atoms with Crippen molar-refractivity contribution in [2.24, 2.45) is 0 Å². The Hall–Kier alpha value is -2.69. The molecule has 2 aromatic carbocycles. The molecule has 0 aliphatic heterocycles. The second kappa shape index (κ2) is 6.17. The Labute approximate surface area is 122 Å². The molecule has 0 amide bonds. The number of benzene rings is 2. The van der Waals surface area contributed by atoms with Gasteiger partial charge in [0, 0.05) is 11.6 Å². The van der Waals surface area contributed by atoms with Crippen LogP contribution in [0.1, 0.15) is 27.0 Å². The van der Waals surface area contributed by atoms with Crippen molar-refractivity contribution in [3.8, 4) is 5.75 Å². The fourth-order valence-electron chi connectivity index (χ4n) is 1.98. The number of aldehydes is 1. The molecule has 0 bridgehead atoms. The van der Waals surface area contributed by atoms with Crippen LogP contribution in [0.5, 0.6) is 5.75 Å². The number of hydrogen-bond donors (Lipinski definition) is 0. The first-order valence-corrected chi connectivity index (χ1v) is 6.44. The average Bonchev–Trinajstić information content (AvgIpc) is 2.48. The van der Waals surface area contributed by atoms with E-state index in [1.54, 1.807) is 0 Å². The average molecular weight is 285 g/mol. The van der Waals surface area contributed by atoms with Gasteiger partial charge in [-0.2, -0.15) is 0 Å². The SMILES string of the molecule is Cc1ccc(C)c(COc2ccc(C=O)cc2[N+](=O)[O-])c1. The van der Waals surface area contributed by atoms with Gasteiger partial charge in [-0.05, 0) is 37.1 Å². The smallest absolute Gasteiger partial charge is 0.311 e. The van der Waals surface area contributed by atoms with Crippen LogP contribution in [-0.2, 0) is 6.61 Å². The maximum absolute atomic E-state index is 11.0. The molecule has 0 N–H and O–H groups in total. The summed E-state index contributed by atoms with van der Waals surface area (Å²) in [5.41, 5.74) is 3.19. The molecule has 0 radical (unpaired) electrons. The van der Waals surface area contributed by atoms with Gasteiger partial charge in [0.15, 0.2) is 5.75 Å². The third kappa shape index (κ3) is 3.45. The van der Waals surface area contributed by atoms with Crippen molar-refractivity contribution >= 4 is 12.0 Å². The predicted molar refractivity (Wildman–Crippen MR) is 78.7 cm³/mol. The van der Waals surface area contributed by atoms with Crippen LogP contribution in [0.25, 0.3) is 0 Å². The highest BCUT2D eigenvalue weighted by atomic mass is 16.6. The lowest BCUT2D eigenvalue weighted by atomic mass is 10.1. The molecule has 0 aliphatic carbocycles. The van der Waals surface area contributed by atoms with Gasteiger partial charge in [0.05, 0.1) is 4.92 Å². The minimum absolute atomic E-state index is 0.159. The second-order valence-corrected chi connectivity index (χ2v) is 4.82. The highest BCUT2D eigenvalue weighted by Gasteiger charge is 2.16. The van der Waals surface area contributed by atoms with Crippen molar-refractivity contribution in [3.05, 3.63) is 68.8 Å². The topological polar surface area (TPSA) is 69.4 Å². The van der Waals surface area contributed by atoms with Gasteiger partial charge >= 0.3 is 5.69 Å². The van der Waals surface area contributed by atoms with Crippen molar-refractivity contribution in [1.29, 1.82) is 0 Å². The monoisotopic (exact) mass is 285 g/mol. The first-order valence-electron chi connectivity index (χ1n) is 6.44. The van der Waals surface area contributed by atoms with Gasteiger partial charge < -0.3 is 4.74 Å². The lowest BCUT2D eigenvalue weighted by molar-refractivity contribution is -0.386. The van der Waals surface area contributed by atoms with Gasteiger partial charge in [-0.15, -0.1) is 0 Å². The fourth-order valence-corrected chi connectivity index (χ4v) is 1.98. The van der Waals surface area contributed by atoms with E-state index in [4.69, 9.17) is 4.74 Å². The molecule has 21 heavy (non-hydrogen) atoms. The van der Waals surface area contributed by atoms with Crippen LogP contribution in [0.4, 0.5) is 5.69 Å². The summed E-state index contributed by atoms with van der Waals surface area (Å²) in [5, 5.41) is 11.0. The molecule has 0 spiro atoms. The predicted octanol–water partition coefficient (Wildman–Crippen LogP) is 3.60. The molecule has 2 aromatic rings. The zero-order valence-corrected chi connectivity index (χ0v) is 11.8. The molecule has 5 heteroatoms. The van der Waals surface area contributed by atoms with Gasteiger partial charge in [0.2, 0.25) is 0 Å². The van der Waals surface area contributed by atoms with Crippen LogP contribution < -0.4 is 4.74 Å². The zero-order valence-electron chi connectivity index (χ0n) is 11.8. The number of carbonyl (C=O) groups excluding carboxylic acids is 1. The van der Waals surface area contributed by atoms with Crippen molar-refractivity contribution < 1.29 is 14.5 Å². The van der Waals surface area contributed by atoms with Crippen molar-refractivity contribution in [1.82, 2.24) is 0 Å². The molecule has 2 rings (SSSR count). The molecule has 0 saturated heterocycles. The van der Waals surface area contributed by atoms with Crippen molar-refractivity contribution in [2.75, 3.05) is 0 Å². The Kier molecular flexibility index (Phi) is 4.33. The summed E-state index contributed by atoms with van der Waals surface area (Å²) in [6.07, 6.45) is 0.571. The molecule has 0 fully saturated rings. The molecule has 0 unspecified atom stereocenters. The van der Waals surface area contributed by atoms with Crippen molar-refractivity contribution in [2.45, 2.75) is 20.5 Å². The Morgan fingerprint density at radius 1 is 1.19 bits per heavy atom. The Bertz CT molecular complexity index is 695. The second-order valence-electron chi connectivity index (χ2n) is 4.82. The number of ether oxygens (including phenoxy) is 1. The van der Waals surface area contributed by atoms with Crippen LogP contribution in [-0.4, -0.2) is 11.2 Å². The quantitative estimate of drug-likeness (QED) is 0.478. The largest absolute Gasteiger partial charge is 0.482 e. The van der Waals surface area contributed by atoms with Crippen LogP contribution >= 0.6 is 0 Å². The normalized spacial score (nSPS) is 10.2. The fraction of sp³-hybridized carbons (Fsp3) is 0.188. The number of aryl methyl sites for hydroxylation is 2. The highest BCUT2D eigenvalue weighted by molar-refractivity contribution is 5.77. The van der Waals surface area contributed by atoms with Gasteiger partial charge in [-0.25, -0.2) is 0 Å². The van der Waals surface area contributed by atoms with Crippen LogP contribution in [0.2, 0.25) is 0 Å². The van der Waals surface area contributed by atoms with E-state index in [9.17, 15) is 14.9 Å². The minimum atomic E-state index is -0.550. The van der Waals surface area contributed by atoms with Crippen molar-refractivity contribution in [3.63, 3.8) is 0 Å².